The van der Waals surface area contributed by atoms with Crippen LogP contribution in [-0.4, -0.2) is 38.4 Å². The van der Waals surface area contributed by atoms with Crippen LogP contribution in [0.5, 0.6) is 0 Å². The molecule has 1 fully saturated rings. The third-order valence-electron chi connectivity index (χ3n) is 2.54. The summed E-state index contributed by atoms with van der Waals surface area (Å²) in [5.41, 5.74) is 0.790. The van der Waals surface area contributed by atoms with Gasteiger partial charge in [0.2, 0.25) is 0 Å². The minimum Gasteiger partial charge on any atom is -0.378 e. The van der Waals surface area contributed by atoms with Gasteiger partial charge in [-0.1, -0.05) is 18.2 Å². The van der Waals surface area contributed by atoms with E-state index in [1.165, 1.54) is 0 Å². The van der Waals surface area contributed by atoms with Crippen LogP contribution in [0.25, 0.3) is 0 Å². The summed E-state index contributed by atoms with van der Waals surface area (Å²) in [4.78, 5) is 11.6. The fraction of sp³-hybridized carbons (Fsp3) is 0.417. The van der Waals surface area contributed by atoms with Gasteiger partial charge in [-0.3, -0.25) is 0 Å². The number of ether oxygens (including phenoxy) is 1. The molecule has 0 aliphatic carbocycles. The van der Waals surface area contributed by atoms with Crippen molar-refractivity contribution < 1.29 is 9.53 Å². The molecule has 0 saturated carbocycles. The third kappa shape index (κ3) is 4.05. The van der Waals surface area contributed by atoms with Crippen LogP contribution in [0.2, 0.25) is 0 Å². The Morgan fingerprint density at radius 1 is 1.41 bits per heavy atom. The second-order valence-corrected chi connectivity index (χ2v) is 3.93. The van der Waals surface area contributed by atoms with E-state index in [1.54, 1.807) is 0 Å². The van der Waals surface area contributed by atoms with Gasteiger partial charge >= 0.3 is 6.03 Å². The minimum absolute atomic E-state index is 0.191. The Morgan fingerprint density at radius 3 is 2.94 bits per heavy atom. The van der Waals surface area contributed by atoms with Crippen molar-refractivity contribution in [2.75, 3.05) is 31.6 Å². The van der Waals surface area contributed by atoms with Crippen LogP contribution in [0.15, 0.2) is 30.3 Å². The van der Waals surface area contributed by atoms with Crippen molar-refractivity contribution in [2.24, 2.45) is 0 Å². The topological polar surface area (TPSA) is 62.4 Å². The molecule has 1 heterocycles. The lowest BCUT2D eigenvalue weighted by Crippen LogP contribution is -2.49. The molecule has 1 unspecified atom stereocenters. The summed E-state index contributed by atoms with van der Waals surface area (Å²) in [5, 5.41) is 8.84. The molecule has 1 aromatic rings. The van der Waals surface area contributed by atoms with E-state index in [0.29, 0.717) is 13.2 Å². The second-order valence-electron chi connectivity index (χ2n) is 3.93. The zero-order chi connectivity index (χ0) is 11.9. The van der Waals surface area contributed by atoms with Crippen LogP contribution in [0.4, 0.5) is 10.5 Å². The van der Waals surface area contributed by atoms with E-state index < -0.39 is 0 Å². The predicted octanol–water partition coefficient (Wildman–Crippen LogP) is 0.796. The molecular weight excluding hydrogens is 218 g/mol. The molecule has 5 nitrogen and oxygen atoms in total. The average molecular weight is 235 g/mol. The summed E-state index contributed by atoms with van der Waals surface area (Å²) < 4.78 is 5.30. The molecule has 0 radical (unpaired) electrons. The molecule has 2 amide bonds. The highest BCUT2D eigenvalue weighted by Crippen LogP contribution is 2.04. The third-order valence-corrected chi connectivity index (χ3v) is 2.54. The molecule has 0 aromatic heterocycles. The van der Waals surface area contributed by atoms with Gasteiger partial charge in [0.1, 0.15) is 0 Å². The number of benzene rings is 1. The second kappa shape index (κ2) is 6.22. The van der Waals surface area contributed by atoms with Crippen LogP contribution >= 0.6 is 0 Å². The van der Waals surface area contributed by atoms with Crippen LogP contribution in [0, 0.1) is 0 Å². The molecule has 0 bridgehead atoms. The van der Waals surface area contributed by atoms with E-state index in [-0.39, 0.29) is 12.1 Å². The normalized spacial score (nSPS) is 19.6. The maximum atomic E-state index is 11.6. The van der Waals surface area contributed by atoms with Crippen molar-refractivity contribution in [3.63, 3.8) is 0 Å². The molecule has 2 rings (SSSR count). The van der Waals surface area contributed by atoms with E-state index >= 15 is 0 Å². The predicted molar refractivity (Wildman–Crippen MR) is 66.1 cm³/mol. The Morgan fingerprint density at radius 2 is 2.24 bits per heavy atom. The van der Waals surface area contributed by atoms with E-state index in [9.17, 15) is 4.79 Å². The highest BCUT2D eigenvalue weighted by atomic mass is 16.5. The fourth-order valence-electron chi connectivity index (χ4n) is 1.66. The summed E-state index contributed by atoms with van der Waals surface area (Å²) in [6.45, 7) is 2.80. The smallest absolute Gasteiger partial charge is 0.319 e. The van der Waals surface area contributed by atoms with Crippen molar-refractivity contribution in [3.05, 3.63) is 30.3 Å². The zero-order valence-electron chi connectivity index (χ0n) is 9.61. The number of amides is 2. The molecule has 1 aromatic carbocycles. The zero-order valence-corrected chi connectivity index (χ0v) is 9.61. The largest absolute Gasteiger partial charge is 0.378 e. The van der Waals surface area contributed by atoms with Crippen molar-refractivity contribution in [1.82, 2.24) is 10.6 Å². The van der Waals surface area contributed by atoms with Crippen LogP contribution in [0.3, 0.4) is 0 Å². The molecule has 17 heavy (non-hydrogen) atoms. The number of morpholine rings is 1. The van der Waals surface area contributed by atoms with Crippen LogP contribution < -0.4 is 16.0 Å². The summed E-state index contributed by atoms with van der Waals surface area (Å²) >= 11 is 0. The first-order valence-corrected chi connectivity index (χ1v) is 5.75. The van der Waals surface area contributed by atoms with Gasteiger partial charge in [0, 0.05) is 24.8 Å². The number of hydrogen-bond donors (Lipinski definition) is 3. The number of hydrogen-bond acceptors (Lipinski definition) is 3. The Labute approximate surface area is 101 Å². The quantitative estimate of drug-likeness (QED) is 0.726. The standard InChI is InChI=1S/C12H17N3O2/c16-12(15-10-4-2-1-3-5-10)14-8-11-9-17-7-6-13-11/h1-5,11,13H,6-9H2,(H2,14,15,16). The van der Waals surface area contributed by atoms with E-state index in [0.717, 1.165) is 18.8 Å². The lowest BCUT2D eigenvalue weighted by molar-refractivity contribution is 0.0776. The van der Waals surface area contributed by atoms with Crippen molar-refractivity contribution in [2.45, 2.75) is 6.04 Å². The number of carbonyl (C=O) groups is 1. The summed E-state index contributed by atoms with van der Waals surface area (Å²) in [6.07, 6.45) is 0. The monoisotopic (exact) mass is 235 g/mol. The highest BCUT2D eigenvalue weighted by molar-refractivity contribution is 5.89. The molecule has 1 aliphatic heterocycles. The molecule has 1 atom stereocenters. The Balaban J connectivity index is 1.70. The Bertz CT molecular complexity index is 350. The van der Waals surface area contributed by atoms with E-state index in [2.05, 4.69) is 16.0 Å². The first kappa shape index (κ1) is 11.9. The fourth-order valence-corrected chi connectivity index (χ4v) is 1.66. The lowest BCUT2D eigenvalue weighted by Gasteiger charge is -2.23. The van der Waals surface area contributed by atoms with Gasteiger partial charge in [0.05, 0.1) is 13.2 Å². The molecule has 5 heteroatoms. The number of anilines is 1. The lowest BCUT2D eigenvalue weighted by atomic mass is 10.3. The van der Waals surface area contributed by atoms with Crippen molar-refractivity contribution in [1.29, 1.82) is 0 Å². The first-order valence-electron chi connectivity index (χ1n) is 5.75. The average Bonchev–Trinajstić information content (AvgIpc) is 2.39. The number of nitrogens with one attached hydrogen (secondary N) is 3. The number of carbonyl (C=O) groups excluding carboxylic acids is 1. The molecule has 1 aliphatic rings. The van der Waals surface area contributed by atoms with Gasteiger partial charge in [0.15, 0.2) is 0 Å². The van der Waals surface area contributed by atoms with Gasteiger partial charge in [0.25, 0.3) is 0 Å². The van der Waals surface area contributed by atoms with Crippen LogP contribution in [0.1, 0.15) is 0 Å². The van der Waals surface area contributed by atoms with Crippen molar-refractivity contribution in [3.8, 4) is 0 Å². The SMILES string of the molecule is O=C(NCC1COCCN1)Nc1ccccc1. The van der Waals surface area contributed by atoms with E-state index in [1.807, 2.05) is 30.3 Å². The van der Waals surface area contributed by atoms with Gasteiger partial charge in [-0.15, -0.1) is 0 Å². The maximum Gasteiger partial charge on any atom is 0.319 e. The molecule has 92 valence electrons. The molecule has 0 spiro atoms. The molecule has 1 saturated heterocycles. The molecule has 3 N–H and O–H groups in total. The van der Waals surface area contributed by atoms with Gasteiger partial charge < -0.3 is 20.7 Å². The maximum absolute atomic E-state index is 11.6. The Kier molecular flexibility index (Phi) is 4.35. The van der Waals surface area contributed by atoms with Crippen molar-refractivity contribution >= 4 is 11.7 Å². The highest BCUT2D eigenvalue weighted by Gasteiger charge is 2.13. The van der Waals surface area contributed by atoms with Gasteiger partial charge in [-0.25, -0.2) is 4.79 Å². The van der Waals surface area contributed by atoms with Gasteiger partial charge in [-0.05, 0) is 12.1 Å². The summed E-state index contributed by atoms with van der Waals surface area (Å²) in [5.74, 6) is 0. The van der Waals surface area contributed by atoms with Gasteiger partial charge in [-0.2, -0.15) is 0 Å². The summed E-state index contributed by atoms with van der Waals surface area (Å²) in [7, 11) is 0. The summed E-state index contributed by atoms with van der Waals surface area (Å²) in [6, 6.07) is 9.38. The first-order chi connectivity index (χ1) is 8.34. The van der Waals surface area contributed by atoms with E-state index in [4.69, 9.17) is 4.74 Å². The number of rotatable bonds is 3. The van der Waals surface area contributed by atoms with Crippen LogP contribution in [-0.2, 0) is 4.74 Å². The number of urea groups is 1. The molecular formula is C12H17N3O2. The Hall–Kier alpha value is -1.59. The number of para-hydroxylation sites is 1. The minimum atomic E-state index is -0.191.